The van der Waals surface area contributed by atoms with Gasteiger partial charge in [-0.15, -0.1) is 0 Å². The van der Waals surface area contributed by atoms with E-state index in [0.717, 1.165) is 43.6 Å². The van der Waals surface area contributed by atoms with Crippen LogP contribution in [0.4, 0.5) is 0 Å². The van der Waals surface area contributed by atoms with E-state index in [1.807, 2.05) is 24.3 Å². The van der Waals surface area contributed by atoms with Gasteiger partial charge in [-0.05, 0) is 36.3 Å². The Morgan fingerprint density at radius 1 is 1.35 bits per heavy atom. The Kier molecular flexibility index (Phi) is 4.65. The molecule has 1 saturated heterocycles. The van der Waals surface area contributed by atoms with Crippen molar-refractivity contribution in [3.05, 3.63) is 35.4 Å². The minimum absolute atomic E-state index is 0.0784. The number of nitriles is 1. The van der Waals surface area contributed by atoms with Crippen molar-refractivity contribution in [3.8, 4) is 6.07 Å². The Balaban J connectivity index is 1.64. The first-order valence-corrected chi connectivity index (χ1v) is 8.22. The third kappa shape index (κ3) is 3.54. The molecular weight excluding hydrogens is 290 g/mol. The Hall–Kier alpha value is -1.90. The molecule has 0 radical (unpaired) electrons. The van der Waals surface area contributed by atoms with Crippen molar-refractivity contribution in [2.45, 2.75) is 38.5 Å². The van der Waals surface area contributed by atoms with E-state index in [1.54, 1.807) is 0 Å². The van der Waals surface area contributed by atoms with Gasteiger partial charge in [0.15, 0.2) is 0 Å². The van der Waals surface area contributed by atoms with Crippen LogP contribution in [0, 0.1) is 23.2 Å². The van der Waals surface area contributed by atoms with Gasteiger partial charge in [0.25, 0.3) is 0 Å². The standard InChI is InChI=1S/C18H23N3O2/c1-12(22)20-17-6-15-10-21(11-16(15)7-18(17)23)9-14-5-3-2-4-13(14)8-19/h2-5,15-18,23H,6-7,9-11H2,1H3,(H,20,22)/t15-,16+,17-,18-/m1/s1. The molecule has 4 atom stereocenters. The Labute approximate surface area is 136 Å². The highest BCUT2D eigenvalue weighted by Gasteiger charge is 2.41. The number of amides is 1. The van der Waals surface area contributed by atoms with Gasteiger partial charge in [0, 0.05) is 26.6 Å². The summed E-state index contributed by atoms with van der Waals surface area (Å²) < 4.78 is 0. The summed E-state index contributed by atoms with van der Waals surface area (Å²) in [7, 11) is 0. The van der Waals surface area contributed by atoms with Gasteiger partial charge in [0.05, 0.1) is 23.8 Å². The first kappa shape index (κ1) is 16.0. The second kappa shape index (κ2) is 6.69. The lowest BCUT2D eigenvalue weighted by Gasteiger charge is -2.35. The third-order valence-corrected chi connectivity index (χ3v) is 5.14. The fourth-order valence-electron chi connectivity index (χ4n) is 4.08. The molecule has 0 spiro atoms. The number of rotatable bonds is 3. The highest BCUT2D eigenvalue weighted by molar-refractivity contribution is 5.73. The van der Waals surface area contributed by atoms with Crippen LogP contribution in [0.3, 0.4) is 0 Å². The minimum atomic E-state index is -0.452. The van der Waals surface area contributed by atoms with Crippen molar-refractivity contribution in [1.82, 2.24) is 10.2 Å². The molecule has 122 valence electrons. The van der Waals surface area contributed by atoms with Gasteiger partial charge in [0.1, 0.15) is 0 Å². The molecule has 2 fully saturated rings. The quantitative estimate of drug-likeness (QED) is 0.881. The first-order chi connectivity index (χ1) is 11.1. The van der Waals surface area contributed by atoms with Crippen molar-refractivity contribution in [2.75, 3.05) is 13.1 Å². The van der Waals surface area contributed by atoms with Gasteiger partial charge < -0.3 is 10.4 Å². The SMILES string of the molecule is CC(=O)N[C@@H]1C[C@@H]2CN(Cc3ccccc3C#N)C[C@@H]2C[C@H]1O. The van der Waals surface area contributed by atoms with Gasteiger partial charge in [-0.25, -0.2) is 0 Å². The molecule has 0 unspecified atom stereocenters. The minimum Gasteiger partial charge on any atom is -0.391 e. The molecule has 0 bridgehead atoms. The van der Waals surface area contributed by atoms with Gasteiger partial charge in [-0.1, -0.05) is 18.2 Å². The second-order valence-corrected chi connectivity index (χ2v) is 6.83. The molecule has 1 heterocycles. The number of nitrogens with one attached hydrogen (secondary N) is 1. The Bertz CT molecular complexity index is 625. The molecule has 3 rings (SSSR count). The van der Waals surface area contributed by atoms with E-state index in [0.29, 0.717) is 11.8 Å². The van der Waals surface area contributed by atoms with Crippen LogP contribution in [0.1, 0.15) is 30.9 Å². The van der Waals surface area contributed by atoms with E-state index in [1.165, 1.54) is 6.92 Å². The number of fused-ring (bicyclic) bond motifs is 1. The largest absolute Gasteiger partial charge is 0.391 e. The fourth-order valence-corrected chi connectivity index (χ4v) is 4.08. The summed E-state index contributed by atoms with van der Waals surface area (Å²) in [4.78, 5) is 13.6. The van der Waals surface area contributed by atoms with Crippen molar-refractivity contribution in [3.63, 3.8) is 0 Å². The van der Waals surface area contributed by atoms with Gasteiger partial charge in [0.2, 0.25) is 5.91 Å². The lowest BCUT2D eigenvalue weighted by atomic mass is 9.77. The maximum atomic E-state index is 11.3. The average molecular weight is 313 g/mol. The summed E-state index contributed by atoms with van der Waals surface area (Å²) >= 11 is 0. The normalized spacial score (nSPS) is 30.5. The van der Waals surface area contributed by atoms with Crippen LogP contribution in [-0.4, -0.2) is 41.1 Å². The first-order valence-electron chi connectivity index (χ1n) is 8.22. The molecule has 2 aliphatic rings. The van der Waals surface area contributed by atoms with Crippen LogP contribution < -0.4 is 5.32 Å². The molecule has 2 N–H and O–H groups in total. The van der Waals surface area contributed by atoms with Crippen molar-refractivity contribution >= 4 is 5.91 Å². The average Bonchev–Trinajstić information content (AvgIpc) is 2.89. The third-order valence-electron chi connectivity index (χ3n) is 5.14. The molecular formula is C18H23N3O2. The number of likely N-dealkylation sites (tertiary alicyclic amines) is 1. The van der Waals surface area contributed by atoms with Crippen molar-refractivity contribution < 1.29 is 9.90 Å². The van der Waals surface area contributed by atoms with Crippen LogP contribution in [0.2, 0.25) is 0 Å². The van der Waals surface area contributed by atoms with E-state index in [9.17, 15) is 15.2 Å². The van der Waals surface area contributed by atoms with Gasteiger partial charge in [-0.3, -0.25) is 9.69 Å². The summed E-state index contributed by atoms with van der Waals surface area (Å²) in [5.41, 5.74) is 1.80. The molecule has 1 aromatic carbocycles. The second-order valence-electron chi connectivity index (χ2n) is 6.83. The fraction of sp³-hybridized carbons (Fsp3) is 0.556. The van der Waals surface area contributed by atoms with Crippen LogP contribution in [0.15, 0.2) is 24.3 Å². The maximum Gasteiger partial charge on any atom is 0.217 e. The van der Waals surface area contributed by atoms with Crippen molar-refractivity contribution in [1.29, 1.82) is 5.26 Å². The van der Waals surface area contributed by atoms with Gasteiger partial charge >= 0.3 is 0 Å². The number of hydrogen-bond acceptors (Lipinski definition) is 4. The van der Waals surface area contributed by atoms with E-state index >= 15 is 0 Å². The van der Waals surface area contributed by atoms with Crippen LogP contribution >= 0.6 is 0 Å². The zero-order chi connectivity index (χ0) is 16.4. The zero-order valence-corrected chi connectivity index (χ0v) is 13.4. The molecule has 1 amide bonds. The molecule has 23 heavy (non-hydrogen) atoms. The summed E-state index contributed by atoms with van der Waals surface area (Å²) in [6.45, 7) is 4.19. The molecule has 5 nitrogen and oxygen atoms in total. The van der Waals surface area contributed by atoms with E-state index in [2.05, 4.69) is 16.3 Å². The number of aliphatic hydroxyl groups is 1. The highest BCUT2D eigenvalue weighted by atomic mass is 16.3. The predicted molar refractivity (Wildman–Crippen MR) is 86.3 cm³/mol. The molecule has 1 saturated carbocycles. The monoisotopic (exact) mass is 313 g/mol. The topological polar surface area (TPSA) is 76.4 Å². The smallest absolute Gasteiger partial charge is 0.217 e. The van der Waals surface area contributed by atoms with Crippen LogP contribution in [0.25, 0.3) is 0 Å². The number of benzene rings is 1. The predicted octanol–water partition coefficient (Wildman–Crippen LogP) is 1.27. The van der Waals surface area contributed by atoms with Crippen molar-refractivity contribution in [2.24, 2.45) is 11.8 Å². The van der Waals surface area contributed by atoms with Crippen LogP contribution in [0.5, 0.6) is 0 Å². The summed E-state index contributed by atoms with van der Waals surface area (Å²) in [6, 6.07) is 9.85. The highest BCUT2D eigenvalue weighted by Crippen LogP contribution is 2.37. The molecule has 5 heteroatoms. The lowest BCUT2D eigenvalue weighted by Crippen LogP contribution is -2.48. The Morgan fingerprint density at radius 2 is 2.04 bits per heavy atom. The number of nitrogens with zero attached hydrogens (tertiary/aromatic N) is 2. The molecule has 1 aliphatic carbocycles. The molecule has 1 aliphatic heterocycles. The van der Waals surface area contributed by atoms with E-state index in [-0.39, 0.29) is 11.9 Å². The summed E-state index contributed by atoms with van der Waals surface area (Å²) in [5, 5.41) is 22.3. The summed E-state index contributed by atoms with van der Waals surface area (Å²) in [5.74, 6) is 0.902. The number of hydrogen-bond donors (Lipinski definition) is 2. The van der Waals surface area contributed by atoms with E-state index in [4.69, 9.17) is 0 Å². The van der Waals surface area contributed by atoms with E-state index < -0.39 is 6.10 Å². The molecule has 0 aromatic heterocycles. The number of carbonyl (C=O) groups excluding carboxylic acids is 1. The number of carbonyl (C=O) groups is 1. The molecule has 1 aromatic rings. The lowest BCUT2D eigenvalue weighted by molar-refractivity contribution is -0.121. The zero-order valence-electron chi connectivity index (χ0n) is 13.4. The maximum absolute atomic E-state index is 11.3. The summed E-state index contributed by atoms with van der Waals surface area (Å²) in [6.07, 6.45) is 1.12. The Morgan fingerprint density at radius 3 is 2.74 bits per heavy atom. The van der Waals surface area contributed by atoms with Gasteiger partial charge in [-0.2, -0.15) is 5.26 Å². The van der Waals surface area contributed by atoms with Crippen LogP contribution in [-0.2, 0) is 11.3 Å². The number of aliphatic hydroxyl groups excluding tert-OH is 1.